The summed E-state index contributed by atoms with van der Waals surface area (Å²) >= 11 is 0. The summed E-state index contributed by atoms with van der Waals surface area (Å²) < 4.78 is 3.52. The number of aryl methyl sites for hydroxylation is 3. The first-order chi connectivity index (χ1) is 12.1. The minimum atomic E-state index is -0.127. The highest BCUT2D eigenvalue weighted by Gasteiger charge is 2.17. The molecule has 0 fully saturated rings. The Bertz CT molecular complexity index is 1140. The molecule has 25 heavy (non-hydrogen) atoms. The fourth-order valence-corrected chi connectivity index (χ4v) is 3.38. The molecular formula is C20H18N4O. The first-order valence-electron chi connectivity index (χ1n) is 8.15. The lowest BCUT2D eigenvalue weighted by Gasteiger charge is -2.09. The second-order valence-electron chi connectivity index (χ2n) is 6.21. The van der Waals surface area contributed by atoms with Crippen LogP contribution in [0.1, 0.15) is 17.0 Å². The van der Waals surface area contributed by atoms with Crippen LogP contribution in [-0.4, -0.2) is 19.3 Å². The van der Waals surface area contributed by atoms with E-state index in [2.05, 4.69) is 39.8 Å². The Hall–Kier alpha value is -3.21. The number of benzene rings is 1. The van der Waals surface area contributed by atoms with Crippen molar-refractivity contribution in [3.8, 4) is 11.4 Å². The molecule has 0 bridgehead atoms. The van der Waals surface area contributed by atoms with Crippen molar-refractivity contribution in [3.63, 3.8) is 0 Å². The number of hydrogen-bond donors (Lipinski definition) is 0. The van der Waals surface area contributed by atoms with Gasteiger partial charge in [0, 0.05) is 28.7 Å². The fourth-order valence-electron chi connectivity index (χ4n) is 3.38. The SMILES string of the molecule is Cc1cccc(-n2c(C)c3cnn(-c4cccnc4)c(=O)c3c2C)c1. The van der Waals surface area contributed by atoms with Gasteiger partial charge >= 0.3 is 0 Å². The topological polar surface area (TPSA) is 52.7 Å². The van der Waals surface area contributed by atoms with E-state index >= 15 is 0 Å². The van der Waals surface area contributed by atoms with Crippen molar-refractivity contribution >= 4 is 10.8 Å². The molecule has 0 saturated heterocycles. The molecule has 1 aromatic carbocycles. The van der Waals surface area contributed by atoms with Crippen molar-refractivity contribution in [2.24, 2.45) is 0 Å². The summed E-state index contributed by atoms with van der Waals surface area (Å²) in [6.45, 7) is 6.06. The van der Waals surface area contributed by atoms with Gasteiger partial charge in [0.1, 0.15) is 0 Å². The number of hydrogen-bond acceptors (Lipinski definition) is 3. The van der Waals surface area contributed by atoms with Crippen LogP contribution in [-0.2, 0) is 0 Å². The molecule has 0 aliphatic heterocycles. The zero-order chi connectivity index (χ0) is 17.6. The maximum absolute atomic E-state index is 13.1. The van der Waals surface area contributed by atoms with Crippen LogP contribution in [0.25, 0.3) is 22.1 Å². The van der Waals surface area contributed by atoms with Crippen molar-refractivity contribution in [2.75, 3.05) is 0 Å². The van der Waals surface area contributed by atoms with E-state index in [1.54, 1.807) is 24.7 Å². The lowest BCUT2D eigenvalue weighted by Crippen LogP contribution is -2.21. The van der Waals surface area contributed by atoms with E-state index in [1.807, 2.05) is 26.0 Å². The largest absolute Gasteiger partial charge is 0.317 e. The predicted octanol–water partition coefficient (Wildman–Crippen LogP) is 3.50. The molecule has 0 radical (unpaired) electrons. The smallest absolute Gasteiger partial charge is 0.281 e. The van der Waals surface area contributed by atoms with Crippen LogP contribution in [0.2, 0.25) is 0 Å². The van der Waals surface area contributed by atoms with Crippen LogP contribution >= 0.6 is 0 Å². The molecule has 0 unspecified atom stereocenters. The van der Waals surface area contributed by atoms with Crippen LogP contribution in [0.3, 0.4) is 0 Å². The molecule has 0 aliphatic carbocycles. The first kappa shape index (κ1) is 15.3. The second-order valence-corrected chi connectivity index (χ2v) is 6.21. The number of pyridine rings is 1. The zero-order valence-electron chi connectivity index (χ0n) is 14.4. The fraction of sp³-hybridized carbons (Fsp3) is 0.150. The molecule has 0 aliphatic rings. The Morgan fingerprint density at radius 1 is 0.920 bits per heavy atom. The van der Waals surface area contributed by atoms with Crippen molar-refractivity contribution in [3.05, 3.63) is 82.3 Å². The Kier molecular flexibility index (Phi) is 3.50. The van der Waals surface area contributed by atoms with Gasteiger partial charge in [0.25, 0.3) is 5.56 Å². The van der Waals surface area contributed by atoms with Gasteiger partial charge < -0.3 is 4.57 Å². The van der Waals surface area contributed by atoms with Gasteiger partial charge in [-0.3, -0.25) is 9.78 Å². The Balaban J connectivity index is 2.03. The third-order valence-corrected chi connectivity index (χ3v) is 4.55. The van der Waals surface area contributed by atoms with Gasteiger partial charge in [-0.2, -0.15) is 9.78 Å². The van der Waals surface area contributed by atoms with Crippen molar-refractivity contribution < 1.29 is 0 Å². The Morgan fingerprint density at radius 2 is 1.72 bits per heavy atom. The summed E-state index contributed by atoms with van der Waals surface area (Å²) in [5.74, 6) is 0. The summed E-state index contributed by atoms with van der Waals surface area (Å²) in [6.07, 6.45) is 5.08. The number of rotatable bonds is 2. The van der Waals surface area contributed by atoms with Crippen molar-refractivity contribution in [1.82, 2.24) is 19.3 Å². The highest BCUT2D eigenvalue weighted by molar-refractivity contribution is 5.88. The molecular weight excluding hydrogens is 312 g/mol. The molecule has 4 rings (SSSR count). The van der Waals surface area contributed by atoms with Crippen LogP contribution in [0.5, 0.6) is 0 Å². The van der Waals surface area contributed by atoms with Gasteiger partial charge in [-0.1, -0.05) is 12.1 Å². The van der Waals surface area contributed by atoms with E-state index in [0.717, 1.165) is 22.5 Å². The molecule has 3 heterocycles. The van der Waals surface area contributed by atoms with Crippen LogP contribution in [0.15, 0.2) is 59.8 Å². The zero-order valence-corrected chi connectivity index (χ0v) is 14.4. The first-order valence-corrected chi connectivity index (χ1v) is 8.15. The highest BCUT2D eigenvalue weighted by Crippen LogP contribution is 2.26. The summed E-state index contributed by atoms with van der Waals surface area (Å²) in [5, 5.41) is 5.93. The average Bonchev–Trinajstić information content (AvgIpc) is 2.87. The van der Waals surface area contributed by atoms with E-state index in [4.69, 9.17) is 0 Å². The van der Waals surface area contributed by atoms with Gasteiger partial charge in [0.15, 0.2) is 0 Å². The molecule has 0 atom stereocenters. The Labute approximate surface area is 145 Å². The summed E-state index contributed by atoms with van der Waals surface area (Å²) in [5.41, 5.74) is 4.70. The third-order valence-electron chi connectivity index (χ3n) is 4.55. The number of nitrogens with zero attached hydrogens (tertiary/aromatic N) is 4. The molecule has 0 amide bonds. The number of fused-ring (bicyclic) bond motifs is 1. The van der Waals surface area contributed by atoms with Crippen LogP contribution < -0.4 is 5.56 Å². The monoisotopic (exact) mass is 330 g/mol. The molecule has 0 saturated carbocycles. The highest BCUT2D eigenvalue weighted by atomic mass is 16.1. The minimum absolute atomic E-state index is 0.127. The van der Waals surface area contributed by atoms with Gasteiger partial charge in [-0.15, -0.1) is 0 Å². The molecule has 0 N–H and O–H groups in total. The maximum Gasteiger partial charge on any atom is 0.281 e. The number of aromatic nitrogens is 4. The standard InChI is InChI=1S/C20H18N4O/c1-13-6-4-7-16(10-13)23-14(2)18-12-22-24(17-8-5-9-21-11-17)20(25)19(18)15(23)3/h4-12H,1-3H3. The summed E-state index contributed by atoms with van der Waals surface area (Å²) in [6, 6.07) is 11.9. The predicted molar refractivity (Wildman–Crippen MR) is 98.7 cm³/mol. The van der Waals surface area contributed by atoms with E-state index in [1.165, 1.54) is 10.2 Å². The minimum Gasteiger partial charge on any atom is -0.317 e. The second kappa shape index (κ2) is 5.70. The van der Waals surface area contributed by atoms with Gasteiger partial charge in [-0.05, 0) is 50.6 Å². The van der Waals surface area contributed by atoms with Crippen LogP contribution in [0.4, 0.5) is 0 Å². The van der Waals surface area contributed by atoms with Gasteiger partial charge in [0.05, 0.1) is 23.5 Å². The van der Waals surface area contributed by atoms with Gasteiger partial charge in [0.2, 0.25) is 0 Å². The molecule has 5 nitrogen and oxygen atoms in total. The molecule has 124 valence electrons. The average molecular weight is 330 g/mol. The van der Waals surface area contributed by atoms with E-state index in [0.29, 0.717) is 11.1 Å². The van der Waals surface area contributed by atoms with E-state index < -0.39 is 0 Å². The van der Waals surface area contributed by atoms with Crippen molar-refractivity contribution in [1.29, 1.82) is 0 Å². The summed E-state index contributed by atoms with van der Waals surface area (Å²) in [7, 11) is 0. The Morgan fingerprint density at radius 3 is 2.44 bits per heavy atom. The quantitative estimate of drug-likeness (QED) is 0.565. The summed E-state index contributed by atoms with van der Waals surface area (Å²) in [4.78, 5) is 17.2. The molecule has 3 aromatic heterocycles. The molecule has 4 aromatic rings. The lowest BCUT2D eigenvalue weighted by molar-refractivity contribution is 0.816. The molecule has 5 heteroatoms. The molecule has 0 spiro atoms. The normalized spacial score (nSPS) is 11.2. The van der Waals surface area contributed by atoms with Gasteiger partial charge in [-0.25, -0.2) is 0 Å². The van der Waals surface area contributed by atoms with E-state index in [9.17, 15) is 4.79 Å². The van der Waals surface area contributed by atoms with Crippen LogP contribution in [0, 0.1) is 20.8 Å². The maximum atomic E-state index is 13.1. The van der Waals surface area contributed by atoms with E-state index in [-0.39, 0.29) is 5.56 Å². The third kappa shape index (κ3) is 2.36. The lowest BCUT2D eigenvalue weighted by atomic mass is 10.2. The van der Waals surface area contributed by atoms with Crippen molar-refractivity contribution in [2.45, 2.75) is 20.8 Å².